The molecule has 0 bridgehead atoms. The molecule has 0 fully saturated rings. The number of ether oxygens (including phenoxy) is 1. The number of rotatable bonds is 3. The summed E-state index contributed by atoms with van der Waals surface area (Å²) in [4.78, 5) is 0.412. The number of aromatic nitrogens is 2. The van der Waals surface area contributed by atoms with Gasteiger partial charge in [0.2, 0.25) is 5.88 Å². The van der Waals surface area contributed by atoms with Gasteiger partial charge in [-0.25, -0.2) is 0 Å². The topological polar surface area (TPSA) is 61.0 Å². The van der Waals surface area contributed by atoms with Gasteiger partial charge in [-0.15, -0.1) is 5.10 Å². The summed E-state index contributed by atoms with van der Waals surface area (Å²) in [5.41, 5.74) is 6.08. The largest absolute Gasteiger partial charge is 0.480 e. The van der Waals surface area contributed by atoms with E-state index in [0.717, 1.165) is 5.69 Å². The lowest BCUT2D eigenvalue weighted by Gasteiger charge is -1.98. The fourth-order valence-electron chi connectivity index (χ4n) is 0.729. The van der Waals surface area contributed by atoms with E-state index < -0.39 is 0 Å². The Bertz CT molecular complexity index is 272. The minimum Gasteiger partial charge on any atom is -0.480 e. The van der Waals surface area contributed by atoms with Crippen LogP contribution in [0.1, 0.15) is 5.69 Å². The van der Waals surface area contributed by atoms with Crippen LogP contribution >= 0.6 is 12.2 Å². The van der Waals surface area contributed by atoms with Gasteiger partial charge in [0.15, 0.2) is 0 Å². The first-order valence-electron chi connectivity index (χ1n) is 3.37. The molecule has 1 aromatic rings. The molecule has 0 radical (unpaired) electrons. The van der Waals surface area contributed by atoms with E-state index in [-0.39, 0.29) is 0 Å². The van der Waals surface area contributed by atoms with E-state index in [1.807, 2.05) is 0 Å². The molecule has 0 aliphatic heterocycles. The highest BCUT2D eigenvalue weighted by atomic mass is 32.1. The maximum atomic E-state index is 5.33. The lowest BCUT2D eigenvalue weighted by molar-refractivity contribution is 0.391. The van der Waals surface area contributed by atoms with Crippen molar-refractivity contribution in [1.82, 2.24) is 10.2 Å². The Morgan fingerprint density at radius 3 is 2.75 bits per heavy atom. The molecule has 1 rings (SSSR count). The summed E-state index contributed by atoms with van der Waals surface area (Å²) < 4.78 is 4.84. The van der Waals surface area contributed by atoms with Crippen LogP contribution in [-0.2, 0) is 6.42 Å². The Morgan fingerprint density at radius 1 is 1.58 bits per heavy atom. The van der Waals surface area contributed by atoms with Gasteiger partial charge in [-0.1, -0.05) is 12.2 Å². The van der Waals surface area contributed by atoms with E-state index in [0.29, 0.717) is 17.3 Å². The van der Waals surface area contributed by atoms with Crippen LogP contribution in [0.2, 0.25) is 0 Å². The molecule has 1 heterocycles. The summed E-state index contributed by atoms with van der Waals surface area (Å²) in [6, 6.07) is 3.51. The molecule has 0 saturated carbocycles. The zero-order chi connectivity index (χ0) is 8.97. The van der Waals surface area contributed by atoms with Crippen molar-refractivity contribution in [2.45, 2.75) is 6.42 Å². The summed E-state index contributed by atoms with van der Waals surface area (Å²) >= 11 is 4.72. The van der Waals surface area contributed by atoms with E-state index in [9.17, 15) is 0 Å². The minimum absolute atomic E-state index is 0.412. The van der Waals surface area contributed by atoms with Crippen LogP contribution in [0, 0.1) is 0 Å². The van der Waals surface area contributed by atoms with E-state index >= 15 is 0 Å². The molecule has 0 aromatic carbocycles. The van der Waals surface area contributed by atoms with Crippen LogP contribution in [0.25, 0.3) is 0 Å². The SMILES string of the molecule is COc1ccc(CC(N)=S)nn1. The number of hydrogen-bond acceptors (Lipinski definition) is 4. The molecule has 12 heavy (non-hydrogen) atoms. The number of thiocarbonyl (C=S) groups is 1. The Kier molecular flexibility index (Phi) is 2.93. The number of hydrogen-bond donors (Lipinski definition) is 1. The Morgan fingerprint density at radius 2 is 2.33 bits per heavy atom. The molecule has 64 valence electrons. The van der Waals surface area contributed by atoms with Gasteiger partial charge >= 0.3 is 0 Å². The molecule has 0 aliphatic rings. The van der Waals surface area contributed by atoms with Crippen LogP contribution in [0.15, 0.2) is 12.1 Å². The molecule has 0 unspecified atom stereocenters. The molecule has 0 amide bonds. The lowest BCUT2D eigenvalue weighted by Crippen LogP contribution is -2.12. The third-order valence-electron chi connectivity index (χ3n) is 1.26. The predicted octanol–water partition coefficient (Wildman–Crippen LogP) is 0.314. The summed E-state index contributed by atoms with van der Waals surface area (Å²) in [7, 11) is 1.54. The lowest BCUT2D eigenvalue weighted by atomic mass is 10.3. The van der Waals surface area contributed by atoms with Crippen molar-refractivity contribution in [2.24, 2.45) is 5.73 Å². The van der Waals surface area contributed by atoms with Gasteiger partial charge in [0, 0.05) is 12.5 Å². The first-order valence-corrected chi connectivity index (χ1v) is 3.78. The quantitative estimate of drug-likeness (QED) is 0.683. The van der Waals surface area contributed by atoms with E-state index in [2.05, 4.69) is 10.2 Å². The molecule has 1 aromatic heterocycles. The van der Waals surface area contributed by atoms with Gasteiger partial charge in [0.1, 0.15) is 0 Å². The smallest absolute Gasteiger partial charge is 0.233 e. The maximum Gasteiger partial charge on any atom is 0.233 e. The van der Waals surface area contributed by atoms with Crippen molar-refractivity contribution < 1.29 is 4.74 Å². The maximum absolute atomic E-state index is 5.33. The van der Waals surface area contributed by atoms with Crippen molar-refractivity contribution in [3.8, 4) is 5.88 Å². The minimum atomic E-state index is 0.412. The van der Waals surface area contributed by atoms with Crippen LogP contribution < -0.4 is 10.5 Å². The van der Waals surface area contributed by atoms with Gasteiger partial charge in [-0.3, -0.25) is 0 Å². The molecule has 5 heteroatoms. The Labute approximate surface area is 75.7 Å². The molecule has 2 N–H and O–H groups in total. The van der Waals surface area contributed by atoms with Gasteiger partial charge in [-0.05, 0) is 6.07 Å². The number of nitrogens with two attached hydrogens (primary N) is 1. The Balaban J connectivity index is 2.71. The third-order valence-corrected chi connectivity index (χ3v) is 1.40. The van der Waals surface area contributed by atoms with Crippen molar-refractivity contribution in [2.75, 3.05) is 7.11 Å². The summed E-state index contributed by atoms with van der Waals surface area (Å²) in [5, 5.41) is 7.61. The Hall–Kier alpha value is -1.23. The summed E-state index contributed by atoms with van der Waals surface area (Å²) in [5.74, 6) is 0.488. The second kappa shape index (κ2) is 3.96. The number of methoxy groups -OCH3 is 1. The highest BCUT2D eigenvalue weighted by molar-refractivity contribution is 7.80. The summed E-state index contributed by atoms with van der Waals surface area (Å²) in [6.07, 6.45) is 0.478. The van der Waals surface area contributed by atoms with E-state index in [1.165, 1.54) is 7.11 Å². The van der Waals surface area contributed by atoms with Gasteiger partial charge in [0.05, 0.1) is 17.8 Å². The molecule has 0 aliphatic carbocycles. The van der Waals surface area contributed by atoms with Crippen LogP contribution in [-0.4, -0.2) is 22.3 Å². The van der Waals surface area contributed by atoms with Gasteiger partial charge in [-0.2, -0.15) is 5.10 Å². The molecule has 4 nitrogen and oxygen atoms in total. The third kappa shape index (κ3) is 2.43. The molecule has 0 saturated heterocycles. The average molecular weight is 183 g/mol. The fourth-order valence-corrected chi connectivity index (χ4v) is 0.877. The van der Waals surface area contributed by atoms with Crippen molar-refractivity contribution in [3.63, 3.8) is 0 Å². The highest BCUT2D eigenvalue weighted by Gasteiger charge is 1.98. The zero-order valence-corrected chi connectivity index (χ0v) is 7.47. The van der Waals surface area contributed by atoms with Crippen molar-refractivity contribution >= 4 is 17.2 Å². The van der Waals surface area contributed by atoms with Crippen molar-refractivity contribution in [1.29, 1.82) is 0 Å². The number of nitrogens with zero attached hydrogens (tertiary/aromatic N) is 2. The van der Waals surface area contributed by atoms with E-state index in [4.69, 9.17) is 22.7 Å². The fraction of sp³-hybridized carbons (Fsp3) is 0.286. The monoisotopic (exact) mass is 183 g/mol. The predicted molar refractivity (Wildman–Crippen MR) is 49.1 cm³/mol. The molecule has 0 atom stereocenters. The van der Waals surface area contributed by atoms with Crippen LogP contribution in [0.4, 0.5) is 0 Å². The highest BCUT2D eigenvalue weighted by Crippen LogP contribution is 2.03. The standard InChI is InChI=1S/C7H9N3OS/c1-11-7-3-2-5(9-10-7)4-6(8)12/h2-3H,4H2,1H3,(H2,8,12). The van der Waals surface area contributed by atoms with Crippen LogP contribution in [0.5, 0.6) is 5.88 Å². The molecule has 0 spiro atoms. The average Bonchev–Trinajstić information content (AvgIpc) is 2.05. The van der Waals surface area contributed by atoms with Crippen molar-refractivity contribution in [3.05, 3.63) is 17.8 Å². The first kappa shape index (κ1) is 8.86. The van der Waals surface area contributed by atoms with Crippen LogP contribution in [0.3, 0.4) is 0 Å². The normalized spacial score (nSPS) is 9.42. The first-order chi connectivity index (χ1) is 5.72. The van der Waals surface area contributed by atoms with E-state index in [1.54, 1.807) is 12.1 Å². The van der Waals surface area contributed by atoms with Gasteiger partial charge in [0.25, 0.3) is 0 Å². The zero-order valence-electron chi connectivity index (χ0n) is 6.65. The second-order valence-electron chi connectivity index (χ2n) is 2.21. The summed E-state index contributed by atoms with van der Waals surface area (Å²) in [6.45, 7) is 0. The molecular formula is C7H9N3OS. The van der Waals surface area contributed by atoms with Gasteiger partial charge < -0.3 is 10.5 Å². The second-order valence-corrected chi connectivity index (χ2v) is 2.73. The molecular weight excluding hydrogens is 174 g/mol.